The molecule has 0 aromatic heterocycles. The number of nitrogens with two attached hydrogens (primary N) is 1. The molecule has 2 aromatic rings. The number of ketones is 1. The average molecular weight is 461 g/mol. The fourth-order valence-corrected chi connectivity index (χ4v) is 4.94. The highest BCUT2D eigenvalue weighted by Crippen LogP contribution is 2.50. The van der Waals surface area contributed by atoms with E-state index in [4.69, 9.17) is 15.2 Å². The highest BCUT2D eigenvalue weighted by atomic mass is 16.5. The number of carbonyl (C=O) groups is 2. The SMILES string of the molecule is CCOC(=O)C1=C(N)N(c2ccc(C)cc2)C2=C(C(=O)CC(C)(C)C2)[C@@H]1c1ccc(OC)cc1. The van der Waals surface area contributed by atoms with Gasteiger partial charge < -0.3 is 15.2 Å². The number of aryl methyl sites for hydroxylation is 1. The lowest BCUT2D eigenvalue weighted by Crippen LogP contribution is -2.43. The van der Waals surface area contributed by atoms with Gasteiger partial charge in [-0.15, -0.1) is 0 Å². The first-order chi connectivity index (χ1) is 16.2. The van der Waals surface area contributed by atoms with E-state index in [0.717, 1.165) is 22.5 Å². The molecule has 0 spiro atoms. The summed E-state index contributed by atoms with van der Waals surface area (Å²) in [6, 6.07) is 15.4. The summed E-state index contributed by atoms with van der Waals surface area (Å²) in [7, 11) is 1.60. The zero-order valence-corrected chi connectivity index (χ0v) is 20.5. The fourth-order valence-electron chi connectivity index (χ4n) is 4.94. The van der Waals surface area contributed by atoms with Gasteiger partial charge in [0.25, 0.3) is 0 Å². The topological polar surface area (TPSA) is 81.9 Å². The van der Waals surface area contributed by atoms with Gasteiger partial charge in [-0.05, 0) is 55.5 Å². The van der Waals surface area contributed by atoms with Gasteiger partial charge in [-0.3, -0.25) is 9.69 Å². The number of hydrogen-bond donors (Lipinski definition) is 1. The number of nitrogens with zero attached hydrogens (tertiary/aromatic N) is 1. The molecule has 6 nitrogen and oxygen atoms in total. The number of methoxy groups -OCH3 is 1. The Morgan fingerprint density at radius 1 is 1.09 bits per heavy atom. The maximum atomic E-state index is 13.7. The van der Waals surface area contributed by atoms with Crippen LogP contribution in [0.4, 0.5) is 5.69 Å². The predicted molar refractivity (Wildman–Crippen MR) is 132 cm³/mol. The smallest absolute Gasteiger partial charge is 0.338 e. The molecule has 1 aliphatic carbocycles. The highest BCUT2D eigenvalue weighted by molar-refractivity contribution is 6.05. The van der Waals surface area contributed by atoms with Crippen LogP contribution in [0, 0.1) is 12.3 Å². The van der Waals surface area contributed by atoms with Crippen molar-refractivity contribution in [2.75, 3.05) is 18.6 Å². The minimum absolute atomic E-state index is 0.0264. The van der Waals surface area contributed by atoms with E-state index in [-0.39, 0.29) is 17.8 Å². The first-order valence-electron chi connectivity index (χ1n) is 11.6. The molecule has 1 atom stereocenters. The maximum Gasteiger partial charge on any atom is 0.338 e. The lowest BCUT2D eigenvalue weighted by molar-refractivity contribution is -0.138. The van der Waals surface area contributed by atoms with Gasteiger partial charge in [-0.25, -0.2) is 4.79 Å². The molecule has 0 unspecified atom stereocenters. The number of benzene rings is 2. The van der Waals surface area contributed by atoms with Crippen LogP contribution < -0.4 is 15.4 Å². The molecule has 0 fully saturated rings. The Morgan fingerprint density at radius 2 is 1.74 bits per heavy atom. The van der Waals surface area contributed by atoms with Crippen molar-refractivity contribution < 1.29 is 19.1 Å². The molecule has 0 amide bonds. The van der Waals surface area contributed by atoms with Crippen LogP contribution in [0.5, 0.6) is 5.75 Å². The van der Waals surface area contributed by atoms with Gasteiger partial charge in [-0.2, -0.15) is 0 Å². The van der Waals surface area contributed by atoms with Crippen molar-refractivity contribution in [1.82, 2.24) is 0 Å². The summed E-state index contributed by atoms with van der Waals surface area (Å²) in [4.78, 5) is 28.9. The number of esters is 1. The van der Waals surface area contributed by atoms with Crippen LogP contribution in [0.3, 0.4) is 0 Å². The second kappa shape index (κ2) is 9.01. The molecule has 0 saturated carbocycles. The molecule has 0 bridgehead atoms. The molecule has 0 radical (unpaired) electrons. The summed E-state index contributed by atoms with van der Waals surface area (Å²) < 4.78 is 10.8. The Kier molecular flexibility index (Phi) is 6.26. The van der Waals surface area contributed by atoms with Crippen molar-refractivity contribution in [3.63, 3.8) is 0 Å². The Bertz CT molecular complexity index is 1170. The summed E-state index contributed by atoms with van der Waals surface area (Å²) in [6.45, 7) is 8.16. The van der Waals surface area contributed by atoms with E-state index in [9.17, 15) is 9.59 Å². The van der Waals surface area contributed by atoms with Crippen LogP contribution in [-0.2, 0) is 14.3 Å². The van der Waals surface area contributed by atoms with Gasteiger partial charge >= 0.3 is 5.97 Å². The lowest BCUT2D eigenvalue weighted by Gasteiger charge is -2.44. The Hall–Kier alpha value is -3.54. The third kappa shape index (κ3) is 4.20. The average Bonchev–Trinajstić information content (AvgIpc) is 2.78. The normalized spacial score (nSPS) is 19.7. The summed E-state index contributed by atoms with van der Waals surface area (Å²) in [6.07, 6.45) is 1.06. The summed E-state index contributed by atoms with van der Waals surface area (Å²) in [5.74, 6) is -0.0981. The second-order valence-electron chi connectivity index (χ2n) is 9.70. The van der Waals surface area contributed by atoms with Gasteiger partial charge in [0.2, 0.25) is 0 Å². The quantitative estimate of drug-likeness (QED) is 0.634. The van der Waals surface area contributed by atoms with Crippen LogP contribution in [0.2, 0.25) is 0 Å². The Labute approximate surface area is 201 Å². The number of hydrogen-bond acceptors (Lipinski definition) is 6. The van der Waals surface area contributed by atoms with Gasteiger partial charge in [0.1, 0.15) is 11.6 Å². The zero-order valence-electron chi connectivity index (χ0n) is 20.5. The first kappa shape index (κ1) is 23.6. The van der Waals surface area contributed by atoms with E-state index >= 15 is 0 Å². The van der Waals surface area contributed by atoms with Crippen LogP contribution in [0.1, 0.15) is 50.7 Å². The molecule has 2 aromatic carbocycles. The molecule has 1 aliphatic heterocycles. The fraction of sp³-hybridized carbons (Fsp3) is 0.357. The third-order valence-electron chi connectivity index (χ3n) is 6.50. The molecular formula is C28H32N2O4. The van der Waals surface area contributed by atoms with E-state index < -0.39 is 11.9 Å². The van der Waals surface area contributed by atoms with E-state index in [0.29, 0.717) is 35.6 Å². The number of anilines is 1. The molecule has 6 heteroatoms. The van der Waals surface area contributed by atoms with E-state index in [2.05, 4.69) is 13.8 Å². The number of ether oxygens (including phenoxy) is 2. The molecule has 4 rings (SSSR count). The van der Waals surface area contributed by atoms with Crippen molar-refractivity contribution in [3.05, 3.63) is 82.3 Å². The molecule has 0 saturated heterocycles. The molecule has 34 heavy (non-hydrogen) atoms. The van der Waals surface area contributed by atoms with Crippen LogP contribution in [-0.4, -0.2) is 25.5 Å². The first-order valence-corrected chi connectivity index (χ1v) is 11.6. The zero-order chi connectivity index (χ0) is 24.6. The maximum absolute atomic E-state index is 13.7. The van der Waals surface area contributed by atoms with Crippen LogP contribution in [0.15, 0.2) is 71.2 Å². The molecular weight excluding hydrogens is 428 g/mol. The van der Waals surface area contributed by atoms with E-state index in [1.165, 1.54) is 0 Å². The number of rotatable bonds is 5. The Balaban J connectivity index is 2.00. The number of allylic oxidation sites excluding steroid dienone is 2. The third-order valence-corrected chi connectivity index (χ3v) is 6.50. The van der Waals surface area contributed by atoms with Gasteiger partial charge in [0, 0.05) is 23.4 Å². The molecule has 178 valence electrons. The van der Waals surface area contributed by atoms with Crippen molar-refractivity contribution in [2.24, 2.45) is 11.1 Å². The van der Waals surface area contributed by atoms with Crippen LogP contribution >= 0.6 is 0 Å². The van der Waals surface area contributed by atoms with Crippen LogP contribution in [0.25, 0.3) is 0 Å². The molecule has 1 heterocycles. The summed E-state index contributed by atoms with van der Waals surface area (Å²) in [5.41, 5.74) is 11.0. The van der Waals surface area contributed by atoms with E-state index in [1.54, 1.807) is 14.0 Å². The lowest BCUT2D eigenvalue weighted by atomic mass is 9.68. The minimum atomic E-state index is -0.606. The van der Waals surface area contributed by atoms with E-state index in [1.807, 2.05) is 60.4 Å². The summed E-state index contributed by atoms with van der Waals surface area (Å²) in [5, 5.41) is 0. The number of Topliss-reactive ketones (excluding diaryl/α,β-unsaturated/α-hetero) is 1. The van der Waals surface area contributed by atoms with Gasteiger partial charge in [-0.1, -0.05) is 43.7 Å². The molecule has 2 N–H and O–H groups in total. The van der Waals surface area contributed by atoms with Crippen molar-refractivity contribution in [1.29, 1.82) is 0 Å². The monoisotopic (exact) mass is 460 g/mol. The Morgan fingerprint density at radius 3 is 2.32 bits per heavy atom. The van der Waals surface area contributed by atoms with Crippen molar-refractivity contribution in [2.45, 2.75) is 46.5 Å². The minimum Gasteiger partial charge on any atom is -0.497 e. The van der Waals surface area contributed by atoms with Gasteiger partial charge in [0.05, 0.1) is 25.2 Å². The van der Waals surface area contributed by atoms with Crippen molar-refractivity contribution in [3.8, 4) is 5.75 Å². The van der Waals surface area contributed by atoms with Crippen molar-refractivity contribution >= 4 is 17.4 Å². The predicted octanol–water partition coefficient (Wildman–Crippen LogP) is 4.98. The van der Waals surface area contributed by atoms with Gasteiger partial charge in [0.15, 0.2) is 5.78 Å². The summed E-state index contributed by atoms with van der Waals surface area (Å²) >= 11 is 0. The number of carbonyl (C=O) groups excluding carboxylic acids is 2. The standard InChI is InChI=1S/C28H32N2O4/c1-6-34-27(32)25-23(18-9-13-20(33-5)14-10-18)24-21(15-28(3,4)16-22(24)31)30(26(25)29)19-11-7-17(2)8-12-19/h7-14,23H,6,15-16,29H2,1-5H3/t23-/m0/s1. The second-order valence-corrected chi connectivity index (χ2v) is 9.70. The highest BCUT2D eigenvalue weighted by Gasteiger charge is 2.46. The largest absolute Gasteiger partial charge is 0.497 e. The molecule has 2 aliphatic rings.